The van der Waals surface area contributed by atoms with Crippen molar-refractivity contribution in [1.29, 1.82) is 0 Å². The minimum atomic E-state index is -3.82. The molecular weight excluding hydrogens is 593 g/mol. The Morgan fingerprint density at radius 1 is 0.844 bits per heavy atom. The first-order valence-electron chi connectivity index (χ1n) is 16.2. The number of hydrogen-bond donors (Lipinski definition) is 2. The smallest absolute Gasteiger partial charge is 0.347 e. The molecule has 0 bridgehead atoms. The van der Waals surface area contributed by atoms with Crippen molar-refractivity contribution in [3.8, 4) is 22.3 Å². The second-order valence-corrected chi connectivity index (χ2v) is 20.8. The van der Waals surface area contributed by atoms with E-state index in [2.05, 4.69) is 124 Å². The van der Waals surface area contributed by atoms with Crippen LogP contribution in [0.1, 0.15) is 61.8 Å². The predicted octanol–water partition coefficient (Wildman–Crippen LogP) is 10.9. The van der Waals surface area contributed by atoms with Gasteiger partial charge in [0.15, 0.2) is 8.24 Å². The van der Waals surface area contributed by atoms with Gasteiger partial charge in [0.1, 0.15) is 12.1 Å². The summed E-state index contributed by atoms with van der Waals surface area (Å²) in [5.41, 5.74) is 7.11. The van der Waals surface area contributed by atoms with Crippen molar-refractivity contribution in [2.45, 2.75) is 84.5 Å². The third-order valence-electron chi connectivity index (χ3n) is 9.50. The fourth-order valence-corrected chi connectivity index (χ4v) is 15.1. The largest absolute Gasteiger partial charge is 0.379 e. The zero-order valence-electron chi connectivity index (χ0n) is 27.9. The SMILES string of the molecule is CCC(C)OP(=O)(O)CNc1ccc2cc(-c3ccn([Si](C(C)C)(C(C)C)C(C)C)c3)cc(-c3cccc4ccccc34)c2n1. The number of rotatable bonds is 12. The highest BCUT2D eigenvalue weighted by atomic mass is 31.2. The lowest BCUT2D eigenvalue weighted by Crippen LogP contribution is -2.51. The molecule has 6 nitrogen and oxygen atoms in total. The van der Waals surface area contributed by atoms with E-state index in [0.29, 0.717) is 28.9 Å². The van der Waals surface area contributed by atoms with Gasteiger partial charge in [-0.1, -0.05) is 90.9 Å². The summed E-state index contributed by atoms with van der Waals surface area (Å²) in [5.74, 6) is 0.534. The lowest BCUT2D eigenvalue weighted by atomic mass is 9.93. The van der Waals surface area contributed by atoms with Gasteiger partial charge < -0.3 is 19.0 Å². The lowest BCUT2D eigenvalue weighted by Gasteiger charge is -2.44. The van der Waals surface area contributed by atoms with Gasteiger partial charge in [-0.3, -0.25) is 4.57 Å². The summed E-state index contributed by atoms with van der Waals surface area (Å²) in [6.45, 7) is 18.1. The van der Waals surface area contributed by atoms with E-state index in [4.69, 9.17) is 9.51 Å². The van der Waals surface area contributed by atoms with Gasteiger partial charge >= 0.3 is 7.60 Å². The maximum Gasteiger partial charge on any atom is 0.347 e. The fraction of sp³-hybridized carbons (Fsp3) is 0.378. The minimum absolute atomic E-state index is 0.210. The van der Waals surface area contributed by atoms with E-state index in [-0.39, 0.29) is 12.4 Å². The molecule has 0 aliphatic carbocycles. The van der Waals surface area contributed by atoms with E-state index < -0.39 is 15.8 Å². The highest BCUT2D eigenvalue weighted by Crippen LogP contribution is 2.45. The number of anilines is 1. The molecule has 3 aromatic carbocycles. The third kappa shape index (κ3) is 6.55. The second kappa shape index (κ2) is 13.3. The van der Waals surface area contributed by atoms with Gasteiger partial charge in [0.05, 0.1) is 11.6 Å². The molecule has 0 radical (unpaired) electrons. The summed E-state index contributed by atoms with van der Waals surface area (Å²) < 4.78 is 20.7. The monoisotopic (exact) mass is 641 g/mol. The number of pyridine rings is 1. The number of hydrogen-bond acceptors (Lipinski definition) is 4. The first-order valence-corrected chi connectivity index (χ1v) is 20.2. The molecule has 0 saturated carbocycles. The van der Waals surface area contributed by atoms with Crippen molar-refractivity contribution >= 4 is 43.3 Å². The maximum absolute atomic E-state index is 12.7. The summed E-state index contributed by atoms with van der Waals surface area (Å²) in [4.78, 5) is 15.4. The quantitative estimate of drug-likeness (QED) is 0.105. The van der Waals surface area contributed by atoms with Crippen LogP contribution in [0.4, 0.5) is 5.82 Å². The Morgan fingerprint density at radius 3 is 2.22 bits per heavy atom. The third-order valence-corrected chi connectivity index (χ3v) is 17.5. The Kier molecular flexibility index (Phi) is 9.76. The topological polar surface area (TPSA) is 76.4 Å². The molecule has 238 valence electrons. The van der Waals surface area contributed by atoms with Crippen LogP contribution in [-0.4, -0.2) is 34.7 Å². The zero-order valence-corrected chi connectivity index (χ0v) is 29.8. The summed E-state index contributed by atoms with van der Waals surface area (Å²) in [6, 6.07) is 25.5. The van der Waals surface area contributed by atoms with Crippen LogP contribution in [0.5, 0.6) is 0 Å². The first-order chi connectivity index (χ1) is 21.4. The Morgan fingerprint density at radius 2 is 1.53 bits per heavy atom. The maximum atomic E-state index is 12.7. The Hall–Kier alpha value is -3.22. The summed E-state index contributed by atoms with van der Waals surface area (Å²) in [6.07, 6.45) is 4.84. The molecule has 45 heavy (non-hydrogen) atoms. The first kappa shape index (κ1) is 33.1. The normalized spacial score (nSPS) is 14.5. The van der Waals surface area contributed by atoms with Crippen LogP contribution in [0.3, 0.4) is 0 Å². The van der Waals surface area contributed by atoms with E-state index in [1.54, 1.807) is 6.92 Å². The van der Waals surface area contributed by atoms with E-state index in [1.807, 2.05) is 19.1 Å². The van der Waals surface area contributed by atoms with Crippen molar-refractivity contribution in [2.75, 3.05) is 11.6 Å². The molecule has 2 N–H and O–H groups in total. The molecule has 0 spiro atoms. The molecule has 5 aromatic rings. The molecule has 0 amide bonds. The van der Waals surface area contributed by atoms with Crippen molar-refractivity contribution in [2.24, 2.45) is 0 Å². The van der Waals surface area contributed by atoms with Crippen molar-refractivity contribution in [3.05, 3.63) is 85.2 Å². The molecule has 0 aliphatic rings. The van der Waals surface area contributed by atoms with Gasteiger partial charge in [-0.25, -0.2) is 4.98 Å². The van der Waals surface area contributed by atoms with Gasteiger partial charge in [-0.05, 0) is 94.0 Å². The van der Waals surface area contributed by atoms with Crippen molar-refractivity contribution < 1.29 is 14.0 Å². The number of nitrogens with one attached hydrogen (secondary N) is 1. The van der Waals surface area contributed by atoms with E-state index >= 15 is 0 Å². The average Bonchev–Trinajstić information content (AvgIpc) is 3.49. The summed E-state index contributed by atoms with van der Waals surface area (Å²) in [7, 11) is -5.71. The van der Waals surface area contributed by atoms with E-state index in [9.17, 15) is 9.46 Å². The molecule has 0 saturated heterocycles. The van der Waals surface area contributed by atoms with Crippen LogP contribution in [-0.2, 0) is 9.09 Å². The summed E-state index contributed by atoms with van der Waals surface area (Å²) >= 11 is 0. The van der Waals surface area contributed by atoms with Crippen LogP contribution in [0.25, 0.3) is 43.9 Å². The van der Waals surface area contributed by atoms with Crippen LogP contribution in [0.15, 0.2) is 85.2 Å². The van der Waals surface area contributed by atoms with Crippen LogP contribution in [0.2, 0.25) is 16.6 Å². The molecule has 2 unspecified atom stereocenters. The Labute approximate surface area is 269 Å². The molecular formula is C37H48N3O3PSi. The molecule has 0 fully saturated rings. The van der Waals surface area contributed by atoms with Crippen LogP contribution >= 0.6 is 7.60 Å². The number of fused-ring (bicyclic) bond motifs is 2. The van der Waals surface area contributed by atoms with Gasteiger partial charge in [-0.2, -0.15) is 0 Å². The molecule has 2 atom stereocenters. The minimum Gasteiger partial charge on any atom is -0.379 e. The van der Waals surface area contributed by atoms with Crippen LogP contribution < -0.4 is 5.32 Å². The number of benzene rings is 3. The Balaban J connectivity index is 1.65. The predicted molar refractivity (Wildman–Crippen MR) is 194 cm³/mol. The van der Waals surface area contributed by atoms with Gasteiger partial charge in [-0.15, -0.1) is 0 Å². The van der Waals surface area contributed by atoms with E-state index in [0.717, 1.165) is 33.0 Å². The number of nitrogens with zero attached hydrogens (tertiary/aromatic N) is 2. The summed E-state index contributed by atoms with van der Waals surface area (Å²) in [5, 5.41) is 6.41. The lowest BCUT2D eigenvalue weighted by molar-refractivity contribution is 0.186. The molecule has 8 heteroatoms. The van der Waals surface area contributed by atoms with Gasteiger partial charge in [0.2, 0.25) is 0 Å². The highest BCUT2D eigenvalue weighted by molar-refractivity contribution is 7.52. The average molecular weight is 642 g/mol. The van der Waals surface area contributed by atoms with Crippen molar-refractivity contribution in [3.63, 3.8) is 0 Å². The zero-order chi connectivity index (χ0) is 32.5. The standard InChI is InChI=1S/C37H48N3O3PSi/c1-9-28(8)43-44(41,42)24-38-36-18-17-30-21-32(31-19-20-40(23-31)45(25(2)3,26(4)5)27(6)7)22-35(37(30)39-36)34-16-12-14-29-13-10-11-15-33(29)34/h10-23,25-28H,9,24H2,1-8H3,(H,38,39)(H,41,42). The highest BCUT2D eigenvalue weighted by Gasteiger charge is 2.45. The van der Waals surface area contributed by atoms with Gasteiger partial charge in [0.25, 0.3) is 0 Å². The molecule has 5 rings (SSSR count). The van der Waals surface area contributed by atoms with Crippen molar-refractivity contribution in [1.82, 2.24) is 9.22 Å². The van der Waals surface area contributed by atoms with Gasteiger partial charge in [0, 0.05) is 17.1 Å². The second-order valence-electron chi connectivity index (χ2n) is 13.3. The Bertz CT molecular complexity index is 1820. The molecule has 2 aromatic heterocycles. The number of aromatic nitrogens is 2. The van der Waals surface area contributed by atoms with Crippen LogP contribution in [0, 0.1) is 0 Å². The molecule has 2 heterocycles. The molecule has 0 aliphatic heterocycles. The van der Waals surface area contributed by atoms with E-state index in [1.165, 1.54) is 10.9 Å². The fourth-order valence-electron chi connectivity index (χ4n) is 7.44.